The standard InChI is InChI=1S/C26H54N6O3/c1-23(33)13-9-7-5-3-4-6-8-10-15-25(34)30-18-21-32(20-17-29-2)22-19-31-26(35)24(28)14-11-12-16-27/h24,29H,3-22,27-28H2,1-2H3,(H,30,34)(H,31,35). The van der Waals surface area contributed by atoms with E-state index in [-0.39, 0.29) is 17.6 Å². The summed E-state index contributed by atoms with van der Waals surface area (Å²) >= 11 is 0. The lowest BCUT2D eigenvalue weighted by atomic mass is 10.1. The first-order valence-electron chi connectivity index (χ1n) is 13.8. The van der Waals surface area contributed by atoms with E-state index in [1.165, 1.54) is 25.7 Å². The molecule has 0 aromatic rings. The summed E-state index contributed by atoms with van der Waals surface area (Å²) in [7, 11) is 1.91. The molecule has 9 heteroatoms. The van der Waals surface area contributed by atoms with Crippen LogP contribution in [0.2, 0.25) is 0 Å². The van der Waals surface area contributed by atoms with Gasteiger partial charge in [0.2, 0.25) is 11.8 Å². The van der Waals surface area contributed by atoms with Crippen molar-refractivity contribution < 1.29 is 14.4 Å². The van der Waals surface area contributed by atoms with Crippen LogP contribution in [-0.4, -0.2) is 81.4 Å². The van der Waals surface area contributed by atoms with Crippen molar-refractivity contribution in [2.75, 3.05) is 52.9 Å². The Bertz CT molecular complexity index is 547. The quantitative estimate of drug-likeness (QED) is 0.121. The highest BCUT2D eigenvalue weighted by Gasteiger charge is 2.13. The van der Waals surface area contributed by atoms with Crippen molar-refractivity contribution in [1.29, 1.82) is 0 Å². The molecular formula is C26H54N6O3. The Morgan fingerprint density at radius 3 is 1.86 bits per heavy atom. The highest BCUT2D eigenvalue weighted by Crippen LogP contribution is 2.10. The number of ketones is 1. The molecule has 0 heterocycles. The number of carbonyl (C=O) groups excluding carboxylic acids is 3. The molecule has 7 N–H and O–H groups in total. The number of carbonyl (C=O) groups is 3. The van der Waals surface area contributed by atoms with Gasteiger partial charge in [0.25, 0.3) is 0 Å². The Labute approximate surface area is 213 Å². The van der Waals surface area contributed by atoms with Gasteiger partial charge in [-0.1, -0.05) is 44.9 Å². The van der Waals surface area contributed by atoms with E-state index in [1.807, 2.05) is 7.05 Å². The summed E-state index contributed by atoms with van der Waals surface area (Å²) in [4.78, 5) is 37.4. The number of hydrogen-bond donors (Lipinski definition) is 5. The average molecular weight is 499 g/mol. The van der Waals surface area contributed by atoms with Gasteiger partial charge in [-0.3, -0.25) is 14.5 Å². The third kappa shape index (κ3) is 22.6. The van der Waals surface area contributed by atoms with E-state index in [0.29, 0.717) is 45.4 Å². The molecule has 206 valence electrons. The number of hydrogen-bond acceptors (Lipinski definition) is 7. The second-order valence-corrected chi connectivity index (χ2v) is 9.51. The number of Topliss-reactive ketones (excluding diaryl/α,β-unsaturated/α-hetero) is 1. The van der Waals surface area contributed by atoms with Crippen LogP contribution in [0.4, 0.5) is 0 Å². The molecule has 1 atom stereocenters. The fraction of sp³-hybridized carbons (Fsp3) is 0.885. The van der Waals surface area contributed by atoms with Crippen LogP contribution in [0.3, 0.4) is 0 Å². The zero-order valence-electron chi connectivity index (χ0n) is 22.5. The minimum atomic E-state index is -0.482. The van der Waals surface area contributed by atoms with Crippen molar-refractivity contribution in [3.8, 4) is 0 Å². The summed E-state index contributed by atoms with van der Waals surface area (Å²) in [6.07, 6.45) is 12.6. The van der Waals surface area contributed by atoms with Crippen LogP contribution in [0, 0.1) is 0 Å². The molecule has 0 aromatic heterocycles. The molecule has 0 saturated carbocycles. The van der Waals surface area contributed by atoms with Crippen LogP contribution in [0.25, 0.3) is 0 Å². The monoisotopic (exact) mass is 498 g/mol. The maximum Gasteiger partial charge on any atom is 0.236 e. The first kappa shape index (κ1) is 33.4. The third-order valence-electron chi connectivity index (χ3n) is 6.14. The lowest BCUT2D eigenvalue weighted by molar-refractivity contribution is -0.122. The predicted octanol–water partition coefficient (Wildman–Crippen LogP) is 1.69. The highest BCUT2D eigenvalue weighted by atomic mass is 16.2. The van der Waals surface area contributed by atoms with Gasteiger partial charge in [-0.15, -0.1) is 0 Å². The van der Waals surface area contributed by atoms with Gasteiger partial charge in [-0.25, -0.2) is 0 Å². The molecule has 0 aromatic carbocycles. The van der Waals surface area contributed by atoms with Crippen LogP contribution in [0.1, 0.15) is 90.4 Å². The highest BCUT2D eigenvalue weighted by molar-refractivity contribution is 5.81. The number of nitrogens with two attached hydrogens (primary N) is 2. The number of likely N-dealkylation sites (N-methyl/N-ethyl adjacent to an activating group) is 1. The van der Waals surface area contributed by atoms with Gasteiger partial charge in [-0.05, 0) is 46.2 Å². The molecule has 0 saturated heterocycles. The summed E-state index contributed by atoms with van der Waals surface area (Å²) in [6.45, 7) is 6.58. The SMILES string of the molecule is CNCCN(CCNC(=O)CCCCCCCCCCC(C)=O)CCNC(=O)C(N)CCCCN. The van der Waals surface area contributed by atoms with Crippen molar-refractivity contribution in [1.82, 2.24) is 20.9 Å². The summed E-state index contributed by atoms with van der Waals surface area (Å²) in [5, 5.41) is 9.09. The minimum Gasteiger partial charge on any atom is -0.355 e. The van der Waals surface area contributed by atoms with Crippen molar-refractivity contribution in [2.45, 2.75) is 96.4 Å². The summed E-state index contributed by atoms with van der Waals surface area (Å²) in [5.74, 6) is 0.282. The van der Waals surface area contributed by atoms with Crippen LogP contribution in [0.5, 0.6) is 0 Å². The van der Waals surface area contributed by atoms with Gasteiger partial charge in [0.15, 0.2) is 0 Å². The van der Waals surface area contributed by atoms with Crippen LogP contribution < -0.4 is 27.4 Å². The zero-order chi connectivity index (χ0) is 26.2. The van der Waals surface area contributed by atoms with Gasteiger partial charge in [0, 0.05) is 52.1 Å². The lowest BCUT2D eigenvalue weighted by Crippen LogP contribution is -2.45. The molecule has 0 aliphatic heterocycles. The number of unbranched alkanes of at least 4 members (excludes halogenated alkanes) is 8. The summed E-state index contributed by atoms with van der Waals surface area (Å²) in [6, 6.07) is -0.482. The van der Waals surface area contributed by atoms with Gasteiger partial charge in [0.1, 0.15) is 5.78 Å². The van der Waals surface area contributed by atoms with E-state index in [0.717, 1.165) is 58.2 Å². The smallest absolute Gasteiger partial charge is 0.236 e. The Morgan fingerprint density at radius 2 is 1.29 bits per heavy atom. The van der Waals surface area contributed by atoms with Gasteiger partial charge in [0.05, 0.1) is 6.04 Å². The zero-order valence-corrected chi connectivity index (χ0v) is 22.5. The molecule has 0 radical (unpaired) electrons. The van der Waals surface area contributed by atoms with Gasteiger partial charge in [-0.2, -0.15) is 0 Å². The molecule has 0 rings (SSSR count). The Kier molecular flexibility index (Phi) is 23.1. The molecule has 0 bridgehead atoms. The average Bonchev–Trinajstić information content (AvgIpc) is 2.83. The van der Waals surface area contributed by atoms with Crippen LogP contribution >= 0.6 is 0 Å². The molecule has 9 nitrogen and oxygen atoms in total. The number of nitrogens with one attached hydrogen (secondary N) is 3. The van der Waals surface area contributed by atoms with Crippen molar-refractivity contribution in [3.63, 3.8) is 0 Å². The molecule has 0 aliphatic rings. The molecule has 2 amide bonds. The molecule has 0 fully saturated rings. The molecule has 0 aliphatic carbocycles. The topological polar surface area (TPSA) is 143 Å². The summed E-state index contributed by atoms with van der Waals surface area (Å²) in [5.41, 5.74) is 11.4. The minimum absolute atomic E-state index is 0.111. The maximum atomic E-state index is 12.1. The van der Waals surface area contributed by atoms with E-state index in [9.17, 15) is 14.4 Å². The molecule has 35 heavy (non-hydrogen) atoms. The molecule has 0 spiro atoms. The largest absolute Gasteiger partial charge is 0.355 e. The lowest BCUT2D eigenvalue weighted by Gasteiger charge is -2.23. The predicted molar refractivity (Wildman–Crippen MR) is 144 cm³/mol. The van der Waals surface area contributed by atoms with Crippen LogP contribution in [-0.2, 0) is 14.4 Å². The van der Waals surface area contributed by atoms with E-state index < -0.39 is 6.04 Å². The second-order valence-electron chi connectivity index (χ2n) is 9.51. The van der Waals surface area contributed by atoms with Crippen molar-refractivity contribution in [2.24, 2.45) is 11.5 Å². The van der Waals surface area contributed by atoms with Crippen molar-refractivity contribution >= 4 is 17.6 Å². The third-order valence-corrected chi connectivity index (χ3v) is 6.14. The van der Waals surface area contributed by atoms with E-state index in [2.05, 4.69) is 20.9 Å². The number of amides is 2. The Morgan fingerprint density at radius 1 is 0.743 bits per heavy atom. The Hall–Kier alpha value is -1.55. The van der Waals surface area contributed by atoms with Gasteiger partial charge < -0.3 is 32.2 Å². The summed E-state index contributed by atoms with van der Waals surface area (Å²) < 4.78 is 0. The maximum absolute atomic E-state index is 12.1. The Balaban J connectivity index is 3.86. The fourth-order valence-electron chi connectivity index (χ4n) is 3.88. The second kappa shape index (κ2) is 24.2. The number of rotatable bonds is 25. The fourth-order valence-corrected chi connectivity index (χ4v) is 3.88. The first-order valence-corrected chi connectivity index (χ1v) is 13.8. The van der Waals surface area contributed by atoms with E-state index >= 15 is 0 Å². The van der Waals surface area contributed by atoms with E-state index in [1.54, 1.807) is 6.92 Å². The molecular weight excluding hydrogens is 444 g/mol. The van der Waals surface area contributed by atoms with E-state index in [4.69, 9.17) is 11.5 Å². The first-order chi connectivity index (χ1) is 16.9. The molecule has 1 unspecified atom stereocenters. The van der Waals surface area contributed by atoms with Crippen molar-refractivity contribution in [3.05, 3.63) is 0 Å². The van der Waals surface area contributed by atoms with Gasteiger partial charge >= 0.3 is 0 Å². The van der Waals surface area contributed by atoms with Crippen LogP contribution in [0.15, 0.2) is 0 Å². The normalized spacial score (nSPS) is 12.0. The number of nitrogens with zero attached hydrogens (tertiary/aromatic N) is 1.